The molecule has 1 unspecified atom stereocenters. The van der Waals surface area contributed by atoms with Gasteiger partial charge in [-0.3, -0.25) is 4.90 Å². The lowest BCUT2D eigenvalue weighted by Gasteiger charge is -2.29. The fraction of sp³-hybridized carbons (Fsp3) is 0.478. The standard InChI is InChI=1S/C23H30N2O2/c26-18-20-6-4-19(5-7-20)14-22-8-9-24(17-22)16-21-2-1-3-23(15-21)25-10-12-27-13-11-25/h1-7,15,22,26H,8-14,16-18H2. The molecule has 4 nitrogen and oxygen atoms in total. The van der Waals surface area contributed by atoms with Gasteiger partial charge in [-0.25, -0.2) is 0 Å². The molecule has 4 heteroatoms. The Morgan fingerprint density at radius 1 is 0.926 bits per heavy atom. The number of likely N-dealkylation sites (tertiary alicyclic amines) is 1. The lowest BCUT2D eigenvalue weighted by atomic mass is 9.98. The minimum Gasteiger partial charge on any atom is -0.392 e. The van der Waals surface area contributed by atoms with Crippen molar-refractivity contribution >= 4 is 5.69 Å². The molecular weight excluding hydrogens is 336 g/mol. The van der Waals surface area contributed by atoms with Crippen molar-refractivity contribution in [2.24, 2.45) is 5.92 Å². The van der Waals surface area contributed by atoms with Crippen LogP contribution in [-0.4, -0.2) is 49.4 Å². The summed E-state index contributed by atoms with van der Waals surface area (Å²) in [4.78, 5) is 5.01. The maximum absolute atomic E-state index is 9.17. The smallest absolute Gasteiger partial charge is 0.0681 e. The summed E-state index contributed by atoms with van der Waals surface area (Å²) in [5.74, 6) is 0.729. The van der Waals surface area contributed by atoms with Crippen molar-refractivity contribution in [2.75, 3.05) is 44.3 Å². The van der Waals surface area contributed by atoms with Crippen molar-refractivity contribution in [3.63, 3.8) is 0 Å². The molecule has 0 radical (unpaired) electrons. The number of hydrogen-bond donors (Lipinski definition) is 1. The Balaban J connectivity index is 1.31. The molecule has 0 amide bonds. The predicted molar refractivity (Wildman–Crippen MR) is 109 cm³/mol. The fourth-order valence-electron chi connectivity index (χ4n) is 4.27. The third kappa shape index (κ3) is 4.89. The average molecular weight is 367 g/mol. The van der Waals surface area contributed by atoms with Crippen LogP contribution in [0.1, 0.15) is 23.1 Å². The van der Waals surface area contributed by atoms with Gasteiger partial charge < -0.3 is 14.7 Å². The zero-order valence-electron chi connectivity index (χ0n) is 16.0. The first-order valence-corrected chi connectivity index (χ1v) is 10.1. The summed E-state index contributed by atoms with van der Waals surface area (Å²) in [5, 5.41) is 9.17. The number of ether oxygens (including phenoxy) is 1. The van der Waals surface area contributed by atoms with Crippen LogP contribution in [0, 0.1) is 5.92 Å². The monoisotopic (exact) mass is 366 g/mol. The van der Waals surface area contributed by atoms with Crippen molar-refractivity contribution < 1.29 is 9.84 Å². The highest BCUT2D eigenvalue weighted by molar-refractivity contribution is 5.49. The Kier molecular flexibility index (Phi) is 6.07. The zero-order valence-corrected chi connectivity index (χ0v) is 16.0. The van der Waals surface area contributed by atoms with Crippen LogP contribution in [0.5, 0.6) is 0 Å². The van der Waals surface area contributed by atoms with Gasteiger partial charge in [-0.15, -0.1) is 0 Å². The summed E-state index contributed by atoms with van der Waals surface area (Å²) in [6.07, 6.45) is 2.40. The third-order valence-electron chi connectivity index (χ3n) is 5.79. The second-order valence-corrected chi connectivity index (χ2v) is 7.84. The molecule has 2 fully saturated rings. The molecule has 0 spiro atoms. The number of rotatable bonds is 6. The number of anilines is 1. The van der Waals surface area contributed by atoms with Gasteiger partial charge in [-0.05, 0) is 54.1 Å². The second-order valence-electron chi connectivity index (χ2n) is 7.84. The van der Waals surface area contributed by atoms with E-state index in [4.69, 9.17) is 4.74 Å². The highest BCUT2D eigenvalue weighted by Crippen LogP contribution is 2.24. The highest BCUT2D eigenvalue weighted by atomic mass is 16.5. The van der Waals surface area contributed by atoms with E-state index in [2.05, 4.69) is 46.2 Å². The first kappa shape index (κ1) is 18.5. The van der Waals surface area contributed by atoms with Gasteiger partial charge >= 0.3 is 0 Å². The van der Waals surface area contributed by atoms with Crippen LogP contribution in [0.3, 0.4) is 0 Å². The number of aliphatic hydroxyl groups is 1. The van der Waals surface area contributed by atoms with Gasteiger partial charge in [0.25, 0.3) is 0 Å². The van der Waals surface area contributed by atoms with E-state index in [1.807, 2.05) is 12.1 Å². The quantitative estimate of drug-likeness (QED) is 0.852. The van der Waals surface area contributed by atoms with Crippen LogP contribution in [0.15, 0.2) is 48.5 Å². The van der Waals surface area contributed by atoms with E-state index in [0.29, 0.717) is 0 Å². The van der Waals surface area contributed by atoms with E-state index in [9.17, 15) is 5.11 Å². The van der Waals surface area contributed by atoms with E-state index in [0.717, 1.165) is 50.8 Å². The van der Waals surface area contributed by atoms with Crippen molar-refractivity contribution in [1.82, 2.24) is 4.90 Å². The molecule has 0 saturated carbocycles. The molecule has 2 heterocycles. The lowest BCUT2D eigenvalue weighted by molar-refractivity contribution is 0.122. The molecule has 0 aliphatic carbocycles. The number of hydrogen-bond acceptors (Lipinski definition) is 4. The SMILES string of the molecule is OCc1ccc(CC2CCN(Cc3cccc(N4CCOCC4)c3)C2)cc1. The summed E-state index contributed by atoms with van der Waals surface area (Å²) in [7, 11) is 0. The third-order valence-corrected chi connectivity index (χ3v) is 5.79. The maximum Gasteiger partial charge on any atom is 0.0681 e. The average Bonchev–Trinajstić information content (AvgIpc) is 3.16. The normalized spacial score (nSPS) is 20.9. The Labute approximate surface area is 162 Å². The summed E-state index contributed by atoms with van der Waals surface area (Å²) in [6.45, 7) is 7.16. The summed E-state index contributed by atoms with van der Waals surface area (Å²) in [6, 6.07) is 17.4. The molecule has 144 valence electrons. The molecule has 0 bridgehead atoms. The summed E-state index contributed by atoms with van der Waals surface area (Å²) < 4.78 is 5.47. The Morgan fingerprint density at radius 2 is 1.70 bits per heavy atom. The van der Waals surface area contributed by atoms with Gasteiger partial charge in [-0.1, -0.05) is 36.4 Å². The van der Waals surface area contributed by atoms with Crippen LogP contribution in [0.2, 0.25) is 0 Å². The van der Waals surface area contributed by atoms with Gasteiger partial charge in [0.05, 0.1) is 19.8 Å². The minimum absolute atomic E-state index is 0.126. The Morgan fingerprint density at radius 3 is 2.48 bits per heavy atom. The maximum atomic E-state index is 9.17. The zero-order chi connectivity index (χ0) is 18.5. The largest absolute Gasteiger partial charge is 0.392 e. The fourth-order valence-corrected chi connectivity index (χ4v) is 4.27. The van der Waals surface area contributed by atoms with Gasteiger partial charge in [0, 0.05) is 31.9 Å². The number of nitrogens with zero attached hydrogens (tertiary/aromatic N) is 2. The van der Waals surface area contributed by atoms with Crippen LogP contribution >= 0.6 is 0 Å². The van der Waals surface area contributed by atoms with Crippen molar-refractivity contribution in [3.8, 4) is 0 Å². The molecule has 2 aromatic carbocycles. The van der Waals surface area contributed by atoms with Gasteiger partial charge in [-0.2, -0.15) is 0 Å². The molecule has 4 rings (SSSR count). The van der Waals surface area contributed by atoms with Crippen LogP contribution in [0.4, 0.5) is 5.69 Å². The summed E-state index contributed by atoms with van der Waals surface area (Å²) in [5.41, 5.74) is 5.11. The molecule has 2 saturated heterocycles. The van der Waals surface area contributed by atoms with E-state index < -0.39 is 0 Å². The van der Waals surface area contributed by atoms with Gasteiger partial charge in [0.2, 0.25) is 0 Å². The molecule has 27 heavy (non-hydrogen) atoms. The predicted octanol–water partition coefficient (Wildman–Crippen LogP) is 3.08. The minimum atomic E-state index is 0.126. The van der Waals surface area contributed by atoms with E-state index in [1.54, 1.807) is 0 Å². The Hall–Kier alpha value is -1.88. The molecule has 0 aromatic heterocycles. The van der Waals surface area contributed by atoms with E-state index >= 15 is 0 Å². The second kappa shape index (κ2) is 8.87. The molecule has 1 atom stereocenters. The van der Waals surface area contributed by atoms with E-state index in [-0.39, 0.29) is 6.61 Å². The van der Waals surface area contributed by atoms with Gasteiger partial charge in [0.1, 0.15) is 0 Å². The van der Waals surface area contributed by atoms with Crippen LogP contribution in [-0.2, 0) is 24.3 Å². The van der Waals surface area contributed by atoms with Crippen molar-refractivity contribution in [1.29, 1.82) is 0 Å². The lowest BCUT2D eigenvalue weighted by Crippen LogP contribution is -2.36. The molecule has 2 aliphatic rings. The number of morpholine rings is 1. The van der Waals surface area contributed by atoms with E-state index in [1.165, 1.54) is 36.3 Å². The molecular formula is C23H30N2O2. The first-order chi connectivity index (χ1) is 13.3. The topological polar surface area (TPSA) is 35.9 Å². The molecule has 2 aromatic rings. The van der Waals surface area contributed by atoms with Crippen LogP contribution < -0.4 is 4.90 Å². The first-order valence-electron chi connectivity index (χ1n) is 10.1. The van der Waals surface area contributed by atoms with Crippen molar-refractivity contribution in [2.45, 2.75) is 26.0 Å². The molecule has 2 aliphatic heterocycles. The molecule has 1 N–H and O–H groups in total. The van der Waals surface area contributed by atoms with Crippen molar-refractivity contribution in [3.05, 3.63) is 65.2 Å². The van der Waals surface area contributed by atoms with Crippen LogP contribution in [0.25, 0.3) is 0 Å². The Bertz CT molecular complexity index is 725. The number of aliphatic hydroxyl groups excluding tert-OH is 1. The van der Waals surface area contributed by atoms with Gasteiger partial charge in [0.15, 0.2) is 0 Å². The highest BCUT2D eigenvalue weighted by Gasteiger charge is 2.23. The summed E-state index contributed by atoms with van der Waals surface area (Å²) >= 11 is 0. The number of benzene rings is 2.